The van der Waals surface area contributed by atoms with Crippen molar-refractivity contribution in [1.29, 1.82) is 5.26 Å². The minimum atomic E-state index is -0.700. The van der Waals surface area contributed by atoms with Crippen LogP contribution in [0.1, 0.15) is 48.7 Å². The van der Waals surface area contributed by atoms with Gasteiger partial charge < -0.3 is 10.2 Å². The molecule has 2 aromatic rings. The van der Waals surface area contributed by atoms with Crippen molar-refractivity contribution in [3.63, 3.8) is 0 Å². The maximum Gasteiger partial charge on any atom is 0.305 e. The number of hydrazine groups is 1. The molecule has 0 fully saturated rings. The van der Waals surface area contributed by atoms with E-state index in [0.717, 1.165) is 0 Å². The standard InChI is InChI=1S/C23H21ClN4O3/c1-23(2)10-16-20(17(29)11-23)19(13-6-3-4-7-15(13)24)14(12-25)21(26)28(16)27-22(30)18-8-5-9-31-18/h3-9,19H,10-11,26H2,1-2H3,(H,27,30). The van der Waals surface area contributed by atoms with Gasteiger partial charge in [0.15, 0.2) is 11.5 Å². The van der Waals surface area contributed by atoms with Crippen molar-refractivity contribution in [3.8, 4) is 6.07 Å². The summed E-state index contributed by atoms with van der Waals surface area (Å²) < 4.78 is 5.17. The highest BCUT2D eigenvalue weighted by Gasteiger charge is 2.45. The smallest absolute Gasteiger partial charge is 0.305 e. The summed E-state index contributed by atoms with van der Waals surface area (Å²) in [5, 5.41) is 11.8. The Morgan fingerprint density at radius 3 is 2.68 bits per heavy atom. The summed E-state index contributed by atoms with van der Waals surface area (Å²) in [5.41, 5.74) is 10.5. The summed E-state index contributed by atoms with van der Waals surface area (Å²) >= 11 is 6.45. The Morgan fingerprint density at radius 2 is 2.03 bits per heavy atom. The molecule has 3 N–H and O–H groups in total. The largest absolute Gasteiger partial charge is 0.459 e. The predicted molar refractivity (Wildman–Crippen MR) is 114 cm³/mol. The molecule has 1 atom stereocenters. The van der Waals surface area contributed by atoms with Gasteiger partial charge in [-0.3, -0.25) is 15.0 Å². The number of nitrogens with zero attached hydrogens (tertiary/aromatic N) is 2. The molecule has 1 aliphatic heterocycles. The van der Waals surface area contributed by atoms with Crippen molar-refractivity contribution < 1.29 is 14.0 Å². The highest BCUT2D eigenvalue weighted by molar-refractivity contribution is 6.31. The number of furan rings is 1. The molecule has 1 aromatic heterocycles. The van der Waals surface area contributed by atoms with Crippen molar-refractivity contribution in [2.24, 2.45) is 11.1 Å². The summed E-state index contributed by atoms with van der Waals surface area (Å²) in [7, 11) is 0. The second-order valence-corrected chi connectivity index (χ2v) is 8.83. The van der Waals surface area contributed by atoms with Crippen molar-refractivity contribution in [2.45, 2.75) is 32.6 Å². The number of nitriles is 1. The van der Waals surface area contributed by atoms with Gasteiger partial charge in [-0.25, -0.2) is 5.01 Å². The summed E-state index contributed by atoms with van der Waals surface area (Å²) in [5.74, 6) is -1.20. The van der Waals surface area contributed by atoms with E-state index in [1.54, 1.807) is 30.3 Å². The molecule has 0 spiro atoms. The number of hydrogen-bond acceptors (Lipinski definition) is 6. The molecule has 7 nitrogen and oxygen atoms in total. The molecule has 1 amide bonds. The van der Waals surface area contributed by atoms with Crippen LogP contribution in [0.5, 0.6) is 0 Å². The highest BCUT2D eigenvalue weighted by atomic mass is 35.5. The lowest BCUT2D eigenvalue weighted by atomic mass is 9.69. The summed E-state index contributed by atoms with van der Waals surface area (Å²) in [6.45, 7) is 3.96. The molecule has 2 aliphatic rings. The third-order valence-corrected chi connectivity index (χ3v) is 5.90. The Bertz CT molecular complexity index is 1170. The molecule has 0 bridgehead atoms. The molecule has 0 saturated heterocycles. The fourth-order valence-corrected chi connectivity index (χ4v) is 4.47. The second-order valence-electron chi connectivity index (χ2n) is 8.42. The molecule has 0 saturated carbocycles. The monoisotopic (exact) mass is 436 g/mol. The number of carbonyl (C=O) groups excluding carboxylic acids is 2. The maximum absolute atomic E-state index is 13.3. The number of allylic oxidation sites excluding steroid dienone is 3. The number of Topliss-reactive ketones (excluding diaryl/α,β-unsaturated/α-hetero) is 1. The van der Waals surface area contributed by atoms with Gasteiger partial charge in [-0.05, 0) is 35.6 Å². The van der Waals surface area contributed by atoms with Gasteiger partial charge in [0.2, 0.25) is 0 Å². The SMILES string of the molecule is CC1(C)CC(=O)C2=C(C1)N(NC(=O)c1ccco1)C(N)=C(C#N)C2c1ccccc1Cl. The minimum absolute atomic E-state index is 0.0524. The Hall–Kier alpha value is -3.50. The first kappa shape index (κ1) is 20.8. The number of ketones is 1. The van der Waals surface area contributed by atoms with Gasteiger partial charge in [-0.2, -0.15) is 5.26 Å². The van der Waals surface area contributed by atoms with Gasteiger partial charge in [0.1, 0.15) is 5.82 Å². The van der Waals surface area contributed by atoms with Gasteiger partial charge in [0.05, 0.1) is 29.5 Å². The molecular formula is C23H21ClN4O3. The molecule has 1 aliphatic carbocycles. The van der Waals surface area contributed by atoms with Crippen LogP contribution in [0.2, 0.25) is 5.02 Å². The first-order valence-electron chi connectivity index (χ1n) is 9.78. The fourth-order valence-electron chi connectivity index (χ4n) is 4.22. The topological polar surface area (TPSA) is 112 Å². The molecule has 2 heterocycles. The average Bonchev–Trinajstić information content (AvgIpc) is 3.24. The highest BCUT2D eigenvalue weighted by Crippen LogP contribution is 2.49. The Balaban J connectivity index is 1.90. The van der Waals surface area contributed by atoms with E-state index in [2.05, 4.69) is 11.5 Å². The third-order valence-electron chi connectivity index (χ3n) is 5.56. The van der Waals surface area contributed by atoms with Gasteiger partial charge >= 0.3 is 5.91 Å². The number of nitrogens with one attached hydrogen (secondary N) is 1. The van der Waals surface area contributed by atoms with E-state index in [0.29, 0.717) is 34.7 Å². The predicted octanol–water partition coefficient (Wildman–Crippen LogP) is 4.01. The zero-order chi connectivity index (χ0) is 22.3. The van der Waals surface area contributed by atoms with Crippen molar-refractivity contribution >= 4 is 23.3 Å². The van der Waals surface area contributed by atoms with E-state index in [9.17, 15) is 14.9 Å². The lowest BCUT2D eigenvalue weighted by Crippen LogP contribution is -2.49. The molecule has 158 valence electrons. The van der Waals surface area contributed by atoms with Gasteiger partial charge in [-0.15, -0.1) is 0 Å². The number of nitrogens with two attached hydrogens (primary N) is 1. The van der Waals surface area contributed by atoms with Crippen molar-refractivity contribution in [3.05, 3.63) is 81.7 Å². The molecule has 0 radical (unpaired) electrons. The summed E-state index contributed by atoms with van der Waals surface area (Å²) in [6, 6.07) is 12.3. The van der Waals surface area contributed by atoms with E-state index in [-0.39, 0.29) is 28.4 Å². The first-order chi connectivity index (χ1) is 14.7. The van der Waals surface area contributed by atoms with E-state index in [4.69, 9.17) is 21.8 Å². The van der Waals surface area contributed by atoms with Crippen molar-refractivity contribution in [2.75, 3.05) is 0 Å². The fraction of sp³-hybridized carbons (Fsp3) is 0.261. The van der Waals surface area contributed by atoms with Crippen LogP contribution in [0, 0.1) is 16.7 Å². The van der Waals surface area contributed by atoms with E-state index in [1.165, 1.54) is 17.3 Å². The lowest BCUT2D eigenvalue weighted by Gasteiger charge is -2.43. The number of halogens is 1. The zero-order valence-electron chi connectivity index (χ0n) is 17.1. The second kappa shape index (κ2) is 7.64. The number of amides is 1. The van der Waals surface area contributed by atoms with Gasteiger partial charge in [-0.1, -0.05) is 43.6 Å². The Labute approximate surface area is 184 Å². The van der Waals surface area contributed by atoms with Crippen LogP contribution in [0.15, 0.2) is 69.7 Å². The lowest BCUT2D eigenvalue weighted by molar-refractivity contribution is -0.118. The normalized spacial score (nSPS) is 20.4. The van der Waals surface area contributed by atoms with E-state index < -0.39 is 11.8 Å². The Morgan fingerprint density at radius 1 is 1.29 bits per heavy atom. The summed E-state index contributed by atoms with van der Waals surface area (Å²) in [4.78, 5) is 26.0. The van der Waals surface area contributed by atoms with Crippen LogP contribution in [-0.4, -0.2) is 16.7 Å². The maximum atomic E-state index is 13.3. The van der Waals surface area contributed by atoms with Crippen LogP contribution >= 0.6 is 11.6 Å². The number of rotatable bonds is 3. The van der Waals surface area contributed by atoms with Crippen molar-refractivity contribution in [1.82, 2.24) is 10.4 Å². The molecular weight excluding hydrogens is 416 g/mol. The van der Waals surface area contributed by atoms with Crippen LogP contribution in [0.3, 0.4) is 0 Å². The first-order valence-corrected chi connectivity index (χ1v) is 10.2. The van der Waals surface area contributed by atoms with Crippen LogP contribution in [-0.2, 0) is 4.79 Å². The van der Waals surface area contributed by atoms with Crippen LogP contribution in [0.4, 0.5) is 0 Å². The third kappa shape index (κ3) is 3.60. The molecule has 1 aromatic carbocycles. The average molecular weight is 437 g/mol. The summed E-state index contributed by atoms with van der Waals surface area (Å²) in [6.07, 6.45) is 2.18. The molecule has 4 rings (SSSR count). The number of hydrogen-bond donors (Lipinski definition) is 2. The molecule has 31 heavy (non-hydrogen) atoms. The minimum Gasteiger partial charge on any atom is -0.459 e. The molecule has 8 heteroatoms. The number of carbonyl (C=O) groups is 2. The van der Waals surface area contributed by atoms with Gasteiger partial charge in [0.25, 0.3) is 0 Å². The quantitative estimate of drug-likeness (QED) is 0.751. The van der Waals surface area contributed by atoms with Gasteiger partial charge in [0, 0.05) is 17.0 Å². The van der Waals surface area contributed by atoms with Crippen LogP contribution in [0.25, 0.3) is 0 Å². The molecule has 1 unspecified atom stereocenters. The Kier molecular flexibility index (Phi) is 5.11. The van der Waals surface area contributed by atoms with Crippen LogP contribution < -0.4 is 11.2 Å². The number of benzene rings is 1. The zero-order valence-corrected chi connectivity index (χ0v) is 17.9. The van der Waals surface area contributed by atoms with E-state index in [1.807, 2.05) is 13.8 Å². The van der Waals surface area contributed by atoms with E-state index >= 15 is 0 Å².